The third-order valence-corrected chi connectivity index (χ3v) is 3.06. The van der Waals surface area contributed by atoms with Crippen LogP contribution in [-0.2, 0) is 0 Å². The lowest BCUT2D eigenvalue weighted by molar-refractivity contribution is 0.869. The molecule has 0 saturated carbocycles. The summed E-state index contributed by atoms with van der Waals surface area (Å²) in [4.78, 5) is 4.09. The zero-order valence-electron chi connectivity index (χ0n) is 10.6. The molecule has 0 unspecified atom stereocenters. The summed E-state index contributed by atoms with van der Waals surface area (Å²) in [5.74, 6) is 0. The fraction of sp³-hybridized carbons (Fsp3) is 0.0667. The molecular weight excluding hydrogens is 236 g/mol. The number of rotatable bonds is 2. The molecule has 0 bridgehead atoms. The maximum Gasteiger partial charge on any atom is 0.0705 e. The highest BCUT2D eigenvalue weighted by molar-refractivity contribution is 5.64. The Bertz CT molecular complexity index is 698. The second-order valence-corrected chi connectivity index (χ2v) is 4.46. The first-order valence-corrected chi connectivity index (χ1v) is 6.05. The van der Waals surface area contributed by atoms with Crippen LogP contribution >= 0.6 is 0 Å². The van der Waals surface area contributed by atoms with Crippen molar-refractivity contribution in [3.8, 4) is 16.8 Å². The van der Waals surface area contributed by atoms with E-state index in [9.17, 15) is 0 Å². The lowest BCUT2D eigenvalue weighted by Crippen LogP contribution is -1.97. The van der Waals surface area contributed by atoms with Gasteiger partial charge in [0.15, 0.2) is 0 Å². The van der Waals surface area contributed by atoms with Crippen LogP contribution in [0.1, 0.15) is 5.56 Å². The van der Waals surface area contributed by atoms with E-state index in [4.69, 9.17) is 5.73 Å². The molecular formula is C15H14N4. The van der Waals surface area contributed by atoms with E-state index in [2.05, 4.69) is 10.1 Å². The van der Waals surface area contributed by atoms with Crippen LogP contribution in [0.3, 0.4) is 0 Å². The molecule has 0 aliphatic rings. The molecule has 1 aromatic carbocycles. The minimum atomic E-state index is 0.765. The monoisotopic (exact) mass is 250 g/mol. The van der Waals surface area contributed by atoms with E-state index >= 15 is 0 Å². The Balaban J connectivity index is 2.00. The fourth-order valence-corrected chi connectivity index (χ4v) is 2.00. The molecule has 2 N–H and O–H groups in total. The maximum absolute atomic E-state index is 5.69. The van der Waals surface area contributed by atoms with Crippen molar-refractivity contribution in [3.05, 3.63) is 60.7 Å². The number of nitrogens with zero attached hydrogens (tertiary/aromatic N) is 3. The number of hydrogen-bond acceptors (Lipinski definition) is 3. The van der Waals surface area contributed by atoms with Gasteiger partial charge in [-0.3, -0.25) is 4.98 Å². The van der Waals surface area contributed by atoms with E-state index < -0.39 is 0 Å². The second kappa shape index (κ2) is 4.57. The van der Waals surface area contributed by atoms with E-state index in [1.54, 1.807) is 6.20 Å². The van der Waals surface area contributed by atoms with Gasteiger partial charge in [-0.2, -0.15) is 5.10 Å². The van der Waals surface area contributed by atoms with Crippen molar-refractivity contribution >= 4 is 5.69 Å². The smallest absolute Gasteiger partial charge is 0.0705 e. The molecule has 94 valence electrons. The predicted octanol–water partition coefficient (Wildman–Crippen LogP) is 2.82. The van der Waals surface area contributed by atoms with Crippen molar-refractivity contribution in [2.75, 3.05) is 5.73 Å². The van der Waals surface area contributed by atoms with Gasteiger partial charge >= 0.3 is 0 Å². The molecule has 2 heterocycles. The van der Waals surface area contributed by atoms with Crippen LogP contribution in [0.4, 0.5) is 5.69 Å². The van der Waals surface area contributed by atoms with E-state index in [1.807, 2.05) is 60.5 Å². The highest BCUT2D eigenvalue weighted by Crippen LogP contribution is 2.21. The summed E-state index contributed by atoms with van der Waals surface area (Å²) in [6.45, 7) is 2.02. The van der Waals surface area contributed by atoms with Crippen LogP contribution in [0.2, 0.25) is 0 Å². The largest absolute Gasteiger partial charge is 0.399 e. The molecule has 19 heavy (non-hydrogen) atoms. The van der Waals surface area contributed by atoms with E-state index in [1.165, 1.54) is 0 Å². The third kappa shape index (κ3) is 2.20. The Kier molecular flexibility index (Phi) is 2.76. The minimum absolute atomic E-state index is 0.765. The topological polar surface area (TPSA) is 56.7 Å². The summed E-state index contributed by atoms with van der Waals surface area (Å²) >= 11 is 0. The summed E-state index contributed by atoms with van der Waals surface area (Å²) in [7, 11) is 0. The molecule has 0 saturated heterocycles. The first-order valence-electron chi connectivity index (χ1n) is 6.05. The molecule has 4 heteroatoms. The number of anilines is 1. The molecule has 0 fully saturated rings. The van der Waals surface area contributed by atoms with Crippen LogP contribution in [0.25, 0.3) is 16.8 Å². The molecule has 4 nitrogen and oxygen atoms in total. The van der Waals surface area contributed by atoms with Crippen LogP contribution in [0.15, 0.2) is 55.1 Å². The number of aromatic nitrogens is 3. The van der Waals surface area contributed by atoms with Gasteiger partial charge in [0, 0.05) is 29.8 Å². The van der Waals surface area contributed by atoms with Crippen LogP contribution < -0.4 is 5.73 Å². The quantitative estimate of drug-likeness (QED) is 0.711. The molecule has 2 aromatic heterocycles. The number of aryl methyl sites for hydroxylation is 1. The van der Waals surface area contributed by atoms with Crippen molar-refractivity contribution in [2.24, 2.45) is 0 Å². The number of hydrogen-bond donors (Lipinski definition) is 1. The number of nitrogen functional groups attached to an aromatic ring is 1. The van der Waals surface area contributed by atoms with Crippen molar-refractivity contribution in [2.45, 2.75) is 6.92 Å². The molecule has 0 radical (unpaired) electrons. The van der Waals surface area contributed by atoms with Gasteiger partial charge in [0.25, 0.3) is 0 Å². The second-order valence-electron chi connectivity index (χ2n) is 4.46. The SMILES string of the molecule is Cc1cnccc1-n1cc(-c2ccc(N)cc2)cn1. The average molecular weight is 250 g/mol. The van der Waals surface area contributed by atoms with Gasteiger partial charge in [-0.1, -0.05) is 12.1 Å². The molecule has 0 spiro atoms. The van der Waals surface area contributed by atoms with Gasteiger partial charge < -0.3 is 5.73 Å². The highest BCUT2D eigenvalue weighted by atomic mass is 15.3. The lowest BCUT2D eigenvalue weighted by Gasteiger charge is -2.03. The molecule has 0 amide bonds. The van der Waals surface area contributed by atoms with E-state index in [0.717, 1.165) is 28.1 Å². The Morgan fingerprint density at radius 3 is 2.53 bits per heavy atom. The third-order valence-electron chi connectivity index (χ3n) is 3.06. The molecule has 3 rings (SSSR count). The van der Waals surface area contributed by atoms with Gasteiger partial charge in [-0.25, -0.2) is 4.68 Å². The normalized spacial score (nSPS) is 10.6. The minimum Gasteiger partial charge on any atom is -0.399 e. The zero-order valence-corrected chi connectivity index (χ0v) is 10.6. The summed E-state index contributed by atoms with van der Waals surface area (Å²) in [5, 5.41) is 4.40. The highest BCUT2D eigenvalue weighted by Gasteiger charge is 2.05. The summed E-state index contributed by atoms with van der Waals surface area (Å²) in [6, 6.07) is 9.73. The van der Waals surface area contributed by atoms with Gasteiger partial charge in [0.05, 0.1) is 11.9 Å². The molecule has 0 atom stereocenters. The first kappa shape index (κ1) is 11.5. The predicted molar refractivity (Wildman–Crippen MR) is 75.9 cm³/mol. The number of pyridine rings is 1. The fourth-order valence-electron chi connectivity index (χ4n) is 2.00. The number of benzene rings is 1. The van der Waals surface area contributed by atoms with Crippen molar-refractivity contribution in [3.63, 3.8) is 0 Å². The van der Waals surface area contributed by atoms with Gasteiger partial charge in [-0.15, -0.1) is 0 Å². The van der Waals surface area contributed by atoms with Crippen LogP contribution in [-0.4, -0.2) is 14.8 Å². The molecule has 0 aliphatic heterocycles. The molecule has 3 aromatic rings. The summed E-state index contributed by atoms with van der Waals surface area (Å²) < 4.78 is 1.86. The Hall–Kier alpha value is -2.62. The van der Waals surface area contributed by atoms with E-state index in [-0.39, 0.29) is 0 Å². The van der Waals surface area contributed by atoms with Crippen molar-refractivity contribution in [1.82, 2.24) is 14.8 Å². The number of nitrogens with two attached hydrogens (primary N) is 1. The lowest BCUT2D eigenvalue weighted by atomic mass is 10.1. The standard InChI is InChI=1S/C15H14N4/c1-11-8-17-7-6-15(11)19-10-13(9-18-19)12-2-4-14(16)5-3-12/h2-10H,16H2,1H3. The van der Waals surface area contributed by atoms with E-state index in [0.29, 0.717) is 0 Å². The van der Waals surface area contributed by atoms with Crippen molar-refractivity contribution in [1.29, 1.82) is 0 Å². The van der Waals surface area contributed by atoms with Gasteiger partial charge in [-0.05, 0) is 36.2 Å². The Morgan fingerprint density at radius 1 is 1.00 bits per heavy atom. The molecule has 0 aliphatic carbocycles. The Morgan fingerprint density at radius 2 is 1.79 bits per heavy atom. The average Bonchev–Trinajstić information content (AvgIpc) is 2.89. The zero-order chi connectivity index (χ0) is 13.2. The Labute approximate surface area is 111 Å². The van der Waals surface area contributed by atoms with Crippen LogP contribution in [0.5, 0.6) is 0 Å². The maximum atomic E-state index is 5.69. The van der Waals surface area contributed by atoms with Crippen molar-refractivity contribution < 1.29 is 0 Å². The summed E-state index contributed by atoms with van der Waals surface area (Å²) in [5.41, 5.74) is 10.8. The van der Waals surface area contributed by atoms with Gasteiger partial charge in [0.2, 0.25) is 0 Å². The van der Waals surface area contributed by atoms with Crippen LogP contribution in [0, 0.1) is 6.92 Å². The first-order chi connectivity index (χ1) is 9.24. The summed E-state index contributed by atoms with van der Waals surface area (Å²) in [6.07, 6.45) is 7.46. The van der Waals surface area contributed by atoms with Gasteiger partial charge in [0.1, 0.15) is 0 Å².